The van der Waals surface area contributed by atoms with Crippen molar-refractivity contribution in [1.29, 1.82) is 0 Å². The van der Waals surface area contributed by atoms with Crippen molar-refractivity contribution in [2.45, 2.75) is 31.4 Å². The molecule has 6 rings (SSSR count). The summed E-state index contributed by atoms with van der Waals surface area (Å²) in [6, 6.07) is 7.10. The van der Waals surface area contributed by atoms with Crippen molar-refractivity contribution >= 4 is 32.9 Å². The molecule has 9 heteroatoms. The van der Waals surface area contributed by atoms with Crippen LogP contribution in [0.25, 0.3) is 11.3 Å². The fraction of sp³-hybridized carbons (Fsp3) is 0.385. The molecule has 1 amide bonds. The summed E-state index contributed by atoms with van der Waals surface area (Å²) in [5.74, 6) is -0.769. The van der Waals surface area contributed by atoms with Crippen LogP contribution in [0.3, 0.4) is 0 Å². The number of amides is 1. The van der Waals surface area contributed by atoms with E-state index < -0.39 is 9.84 Å². The average Bonchev–Trinajstić information content (AvgIpc) is 3.57. The van der Waals surface area contributed by atoms with Crippen molar-refractivity contribution in [3.05, 3.63) is 75.9 Å². The molecular weight excluding hydrogens is 489 g/mol. The predicted molar refractivity (Wildman–Crippen MR) is 133 cm³/mol. The van der Waals surface area contributed by atoms with Crippen LogP contribution in [0.1, 0.15) is 47.4 Å². The Hall–Kier alpha value is -2.71. The van der Waals surface area contributed by atoms with Gasteiger partial charge in [-0.2, -0.15) is 5.10 Å². The van der Waals surface area contributed by atoms with Crippen LogP contribution in [0.4, 0.5) is 4.39 Å². The normalized spacial score (nSPS) is 26.0. The van der Waals surface area contributed by atoms with Crippen LogP contribution in [0, 0.1) is 11.8 Å². The van der Waals surface area contributed by atoms with Crippen molar-refractivity contribution in [3.63, 3.8) is 0 Å². The number of carbonyl (C=O) groups is 1. The quantitative estimate of drug-likeness (QED) is 0.585. The highest BCUT2D eigenvalue weighted by molar-refractivity contribution is 7.91. The Balaban J connectivity index is 1.53. The highest BCUT2D eigenvalue weighted by atomic mass is 35.5. The maximum atomic E-state index is 14.0. The van der Waals surface area contributed by atoms with Gasteiger partial charge in [0.2, 0.25) is 0 Å². The van der Waals surface area contributed by atoms with Gasteiger partial charge in [-0.05, 0) is 73.1 Å². The fourth-order valence-corrected chi connectivity index (χ4v) is 7.07. The third-order valence-corrected chi connectivity index (χ3v) is 9.02. The van der Waals surface area contributed by atoms with Crippen LogP contribution in [0.5, 0.6) is 0 Å². The van der Waals surface area contributed by atoms with E-state index in [-0.39, 0.29) is 40.8 Å². The van der Waals surface area contributed by atoms with Crippen LogP contribution >= 0.6 is 11.6 Å². The van der Waals surface area contributed by atoms with E-state index in [1.807, 2.05) is 6.08 Å². The summed E-state index contributed by atoms with van der Waals surface area (Å²) in [4.78, 5) is 15.3. The molecule has 2 aromatic rings. The molecule has 35 heavy (non-hydrogen) atoms. The zero-order chi connectivity index (χ0) is 24.3. The first kappa shape index (κ1) is 22.7. The Bertz CT molecular complexity index is 1420. The van der Waals surface area contributed by atoms with Gasteiger partial charge in [0.25, 0.3) is 5.91 Å². The maximum Gasteiger partial charge on any atom is 0.274 e. The monoisotopic (exact) mass is 513 g/mol. The number of piperidine rings is 1. The van der Waals surface area contributed by atoms with Crippen molar-refractivity contribution in [1.82, 2.24) is 14.7 Å². The topological polar surface area (TPSA) is 72.3 Å². The van der Waals surface area contributed by atoms with Crippen molar-refractivity contribution in [3.8, 4) is 5.69 Å². The summed E-state index contributed by atoms with van der Waals surface area (Å²) in [5.41, 5.74) is 3.47. The number of hydrogen-bond donors (Lipinski definition) is 0. The van der Waals surface area contributed by atoms with Crippen LogP contribution < -0.4 is 0 Å². The van der Waals surface area contributed by atoms with E-state index in [1.54, 1.807) is 39.9 Å². The molecule has 2 aliphatic carbocycles. The van der Waals surface area contributed by atoms with Crippen molar-refractivity contribution < 1.29 is 17.6 Å². The van der Waals surface area contributed by atoms with Gasteiger partial charge in [-0.1, -0.05) is 23.8 Å². The highest BCUT2D eigenvalue weighted by Gasteiger charge is 2.44. The first-order valence-corrected chi connectivity index (χ1v) is 14.2. The minimum Gasteiger partial charge on any atom is -0.337 e. The van der Waals surface area contributed by atoms with Gasteiger partial charge >= 0.3 is 0 Å². The number of sulfone groups is 1. The standard InChI is InChI=1S/C26H25ClFN3O3S/c27-18-5-7-19(8-6-18)31-25-17(12-16-4-9-23(28)21-13-20(16)21)14-35(33,34)15-22(25)24(29-31)26(32)30-10-2-1-3-11-30/h4-9,12,20-21H,1-3,10-11,13-15H2/b17-12+. The molecule has 182 valence electrons. The van der Waals surface area contributed by atoms with Crippen LogP contribution in [-0.2, 0) is 15.6 Å². The van der Waals surface area contributed by atoms with E-state index in [9.17, 15) is 17.6 Å². The molecule has 0 bridgehead atoms. The summed E-state index contributed by atoms with van der Waals surface area (Å²) in [6.07, 6.45) is 8.74. The largest absolute Gasteiger partial charge is 0.337 e. The summed E-state index contributed by atoms with van der Waals surface area (Å²) in [6.45, 7) is 1.29. The summed E-state index contributed by atoms with van der Waals surface area (Å²) in [7, 11) is -3.50. The predicted octanol–water partition coefficient (Wildman–Crippen LogP) is 4.89. The second-order valence-electron chi connectivity index (χ2n) is 9.79. The summed E-state index contributed by atoms with van der Waals surface area (Å²) in [5, 5.41) is 5.27. The molecule has 1 saturated heterocycles. The molecule has 4 aliphatic rings. The van der Waals surface area contributed by atoms with E-state index in [0.717, 1.165) is 31.3 Å². The van der Waals surface area contributed by atoms with Gasteiger partial charge in [-0.15, -0.1) is 0 Å². The molecule has 1 saturated carbocycles. The highest BCUT2D eigenvalue weighted by Crippen LogP contribution is 2.52. The lowest BCUT2D eigenvalue weighted by Crippen LogP contribution is -2.36. The number of allylic oxidation sites excluding steroid dienone is 5. The van der Waals surface area contributed by atoms with Gasteiger partial charge < -0.3 is 4.90 Å². The third-order valence-electron chi connectivity index (χ3n) is 7.29. The lowest BCUT2D eigenvalue weighted by atomic mass is 9.98. The molecule has 0 radical (unpaired) electrons. The third kappa shape index (κ3) is 4.16. The molecule has 1 aromatic carbocycles. The van der Waals surface area contributed by atoms with Crippen molar-refractivity contribution in [2.75, 3.05) is 18.8 Å². The maximum absolute atomic E-state index is 14.0. The molecule has 0 N–H and O–H groups in total. The molecule has 2 atom stereocenters. The summed E-state index contributed by atoms with van der Waals surface area (Å²) >= 11 is 6.10. The van der Waals surface area contributed by atoms with Gasteiger partial charge in [0.15, 0.2) is 15.5 Å². The molecule has 1 aromatic heterocycles. The smallest absolute Gasteiger partial charge is 0.274 e. The second kappa shape index (κ2) is 8.45. The number of rotatable bonds is 3. The number of likely N-dealkylation sites (tertiary alicyclic amines) is 1. The van der Waals surface area contributed by atoms with E-state index in [2.05, 4.69) is 0 Å². The van der Waals surface area contributed by atoms with Gasteiger partial charge in [-0.3, -0.25) is 4.79 Å². The number of fused-ring (bicyclic) bond motifs is 2. The van der Waals surface area contributed by atoms with E-state index in [0.29, 0.717) is 40.6 Å². The number of halogens is 2. The molecule has 0 spiro atoms. The van der Waals surface area contributed by atoms with Crippen LogP contribution in [0.2, 0.25) is 5.02 Å². The lowest BCUT2D eigenvalue weighted by Gasteiger charge is -2.26. The first-order valence-electron chi connectivity index (χ1n) is 12.0. The number of benzene rings is 1. The molecule has 3 heterocycles. The van der Waals surface area contributed by atoms with Gasteiger partial charge in [0.1, 0.15) is 5.83 Å². The van der Waals surface area contributed by atoms with Gasteiger partial charge in [-0.25, -0.2) is 17.5 Å². The second-order valence-corrected chi connectivity index (χ2v) is 12.3. The Morgan fingerprint density at radius 2 is 1.80 bits per heavy atom. The SMILES string of the molecule is O=C(c1nn(-c2ccc(Cl)cc2)c2c1CS(=O)(=O)C/C2=C\C1=CC=C(F)C2CC12)N1CCCCC1. The van der Waals surface area contributed by atoms with E-state index in [4.69, 9.17) is 16.7 Å². The lowest BCUT2D eigenvalue weighted by molar-refractivity contribution is 0.0717. The Morgan fingerprint density at radius 3 is 2.54 bits per heavy atom. The minimum atomic E-state index is -3.50. The van der Waals surface area contributed by atoms with Crippen LogP contribution in [-0.4, -0.2) is 47.8 Å². The number of hydrogen-bond acceptors (Lipinski definition) is 4. The van der Waals surface area contributed by atoms with Crippen LogP contribution in [0.15, 0.2) is 53.9 Å². The van der Waals surface area contributed by atoms with Gasteiger partial charge in [0.05, 0.1) is 22.9 Å². The minimum absolute atomic E-state index is 0.0712. The Kier molecular flexibility index (Phi) is 5.49. The zero-order valence-electron chi connectivity index (χ0n) is 19.1. The molecule has 2 aliphatic heterocycles. The Morgan fingerprint density at radius 1 is 1.06 bits per heavy atom. The molecule has 2 fully saturated rings. The molecule has 2 unspecified atom stereocenters. The molecule has 6 nitrogen and oxygen atoms in total. The average molecular weight is 514 g/mol. The zero-order valence-corrected chi connectivity index (χ0v) is 20.7. The van der Waals surface area contributed by atoms with E-state index in [1.165, 1.54) is 6.08 Å². The number of aromatic nitrogens is 2. The number of nitrogens with zero attached hydrogens (tertiary/aromatic N) is 3. The fourth-order valence-electron chi connectivity index (χ4n) is 5.44. The first-order chi connectivity index (χ1) is 16.8. The number of carbonyl (C=O) groups excluding carboxylic acids is 1. The van der Waals surface area contributed by atoms with Crippen molar-refractivity contribution in [2.24, 2.45) is 11.8 Å². The summed E-state index contributed by atoms with van der Waals surface area (Å²) < 4.78 is 41.7. The van der Waals surface area contributed by atoms with Gasteiger partial charge in [0, 0.05) is 29.6 Å². The van der Waals surface area contributed by atoms with E-state index >= 15 is 0 Å². The Labute approximate surface area is 208 Å². The molecular formula is C26H25ClFN3O3S.